The Labute approximate surface area is 147 Å². The lowest BCUT2D eigenvalue weighted by Gasteiger charge is -2.22. The fourth-order valence-electron chi connectivity index (χ4n) is 2.50. The van der Waals surface area contributed by atoms with Crippen LogP contribution in [0, 0.1) is 8.99 Å². The van der Waals surface area contributed by atoms with Gasteiger partial charge in [0.15, 0.2) is 0 Å². The molecule has 0 fully saturated rings. The van der Waals surface area contributed by atoms with Gasteiger partial charge in [-0.25, -0.2) is 9.59 Å². The van der Waals surface area contributed by atoms with E-state index < -0.39 is 17.4 Å². The van der Waals surface area contributed by atoms with Gasteiger partial charge in [0.2, 0.25) is 5.91 Å². The summed E-state index contributed by atoms with van der Waals surface area (Å²) in [6, 6.07) is 7.07. The summed E-state index contributed by atoms with van der Waals surface area (Å²) in [5, 5.41) is 0. The van der Waals surface area contributed by atoms with E-state index in [0.717, 1.165) is 3.57 Å². The van der Waals surface area contributed by atoms with Crippen LogP contribution in [-0.2, 0) is 23.9 Å². The second kappa shape index (κ2) is 6.31. The van der Waals surface area contributed by atoms with Gasteiger partial charge in [-0.1, -0.05) is 6.07 Å². The molecular weight excluding hydrogens is 413 g/mol. The van der Waals surface area contributed by atoms with Crippen molar-refractivity contribution >= 4 is 46.1 Å². The Morgan fingerprint density at radius 2 is 1.74 bits per heavy atom. The zero-order valence-electron chi connectivity index (χ0n) is 13.2. The Balaban J connectivity index is 2.74. The molecular formula is C16H16INO5. The molecule has 0 unspecified atom stereocenters. The van der Waals surface area contributed by atoms with E-state index in [-0.39, 0.29) is 17.2 Å². The summed E-state index contributed by atoms with van der Waals surface area (Å²) < 4.78 is 10.4. The molecule has 0 saturated carbocycles. The molecule has 0 N–H and O–H groups in total. The van der Waals surface area contributed by atoms with Gasteiger partial charge in [-0.15, -0.1) is 0 Å². The molecule has 1 aromatic carbocycles. The highest BCUT2D eigenvalue weighted by atomic mass is 127. The van der Waals surface area contributed by atoms with Crippen molar-refractivity contribution in [2.75, 3.05) is 19.1 Å². The smallest absolute Gasteiger partial charge is 0.355 e. The highest BCUT2D eigenvalue weighted by molar-refractivity contribution is 14.1. The van der Waals surface area contributed by atoms with Crippen LogP contribution in [-0.4, -0.2) is 32.1 Å². The molecule has 0 bridgehead atoms. The second-order valence-corrected chi connectivity index (χ2v) is 6.70. The van der Waals surface area contributed by atoms with Crippen LogP contribution < -0.4 is 4.90 Å². The van der Waals surface area contributed by atoms with Gasteiger partial charge in [-0.2, -0.15) is 0 Å². The van der Waals surface area contributed by atoms with Crippen molar-refractivity contribution in [3.63, 3.8) is 0 Å². The largest absolute Gasteiger partial charge is 0.466 e. The van der Waals surface area contributed by atoms with Gasteiger partial charge < -0.3 is 9.47 Å². The van der Waals surface area contributed by atoms with Crippen LogP contribution in [0.3, 0.4) is 0 Å². The summed E-state index contributed by atoms with van der Waals surface area (Å²) in [7, 11) is 2.41. The average molecular weight is 429 g/mol. The number of anilines is 1. The molecule has 1 aliphatic heterocycles. The first-order chi connectivity index (χ1) is 10.8. The van der Waals surface area contributed by atoms with Crippen molar-refractivity contribution in [3.05, 3.63) is 39.1 Å². The molecule has 0 saturated heterocycles. The van der Waals surface area contributed by atoms with Gasteiger partial charge in [0.1, 0.15) is 5.70 Å². The summed E-state index contributed by atoms with van der Waals surface area (Å²) in [5.41, 5.74) is -0.806. The van der Waals surface area contributed by atoms with Gasteiger partial charge >= 0.3 is 11.9 Å². The highest BCUT2D eigenvalue weighted by Gasteiger charge is 2.52. The zero-order valence-corrected chi connectivity index (χ0v) is 15.3. The lowest BCUT2D eigenvalue weighted by molar-refractivity contribution is -0.140. The molecule has 1 aliphatic rings. The van der Waals surface area contributed by atoms with Crippen LogP contribution in [0.1, 0.15) is 13.8 Å². The molecule has 0 aliphatic carbocycles. The van der Waals surface area contributed by atoms with Crippen LogP contribution in [0.4, 0.5) is 5.69 Å². The predicted octanol–water partition coefficient (Wildman–Crippen LogP) is 2.26. The number of carbonyl (C=O) groups excluding carboxylic acids is 3. The van der Waals surface area contributed by atoms with E-state index in [0.29, 0.717) is 5.69 Å². The maximum atomic E-state index is 12.9. The minimum absolute atomic E-state index is 0.00397. The quantitative estimate of drug-likeness (QED) is 0.545. The van der Waals surface area contributed by atoms with E-state index >= 15 is 0 Å². The third-order valence-electron chi connectivity index (χ3n) is 3.66. The number of nitrogens with zero attached hydrogens (tertiary/aromatic N) is 1. The third kappa shape index (κ3) is 2.85. The van der Waals surface area contributed by atoms with E-state index in [1.807, 2.05) is 6.07 Å². The second-order valence-electron chi connectivity index (χ2n) is 5.45. The first-order valence-corrected chi connectivity index (χ1v) is 7.85. The molecule has 23 heavy (non-hydrogen) atoms. The molecule has 1 heterocycles. The number of carbonyl (C=O) groups is 3. The summed E-state index contributed by atoms with van der Waals surface area (Å²) >= 11 is 2.11. The minimum Gasteiger partial charge on any atom is -0.466 e. The number of halogens is 1. The van der Waals surface area contributed by atoms with Crippen LogP contribution in [0.5, 0.6) is 0 Å². The average Bonchev–Trinajstić information content (AvgIpc) is 2.73. The van der Waals surface area contributed by atoms with Crippen molar-refractivity contribution in [1.29, 1.82) is 0 Å². The number of hydrogen-bond acceptors (Lipinski definition) is 5. The molecule has 2 rings (SSSR count). The molecule has 0 radical (unpaired) electrons. The van der Waals surface area contributed by atoms with E-state index in [1.165, 1.54) is 19.1 Å². The Hall–Kier alpha value is -1.90. The SMILES string of the molecule is COC(=O)C1=C(C(=O)OC)C(C)(C)C(=O)N1c1cccc(I)c1. The lowest BCUT2D eigenvalue weighted by Crippen LogP contribution is -2.35. The Bertz CT molecular complexity index is 723. The molecule has 0 atom stereocenters. The molecule has 1 amide bonds. The van der Waals surface area contributed by atoms with Gasteiger partial charge in [-0.05, 0) is 54.6 Å². The Morgan fingerprint density at radius 1 is 1.13 bits per heavy atom. The van der Waals surface area contributed by atoms with Crippen LogP contribution >= 0.6 is 22.6 Å². The standard InChI is InChI=1S/C16H16INO5/c1-16(2)11(13(19)22-3)12(14(20)23-4)18(15(16)21)10-7-5-6-9(17)8-10/h5-8H,1-4H3. The van der Waals surface area contributed by atoms with Gasteiger partial charge in [0, 0.05) is 3.57 Å². The molecule has 122 valence electrons. The Morgan fingerprint density at radius 3 is 2.26 bits per heavy atom. The summed E-state index contributed by atoms with van der Waals surface area (Å²) in [6.45, 7) is 3.16. The van der Waals surface area contributed by atoms with E-state index in [9.17, 15) is 14.4 Å². The van der Waals surface area contributed by atoms with Crippen LogP contribution in [0.15, 0.2) is 35.5 Å². The third-order valence-corrected chi connectivity index (χ3v) is 4.33. The molecule has 6 nitrogen and oxygen atoms in total. The summed E-state index contributed by atoms with van der Waals surface area (Å²) in [5.74, 6) is -1.87. The predicted molar refractivity (Wildman–Crippen MR) is 91.5 cm³/mol. The minimum atomic E-state index is -1.20. The number of methoxy groups -OCH3 is 2. The number of amides is 1. The van der Waals surface area contributed by atoms with Gasteiger partial charge in [-0.3, -0.25) is 9.69 Å². The monoisotopic (exact) mass is 429 g/mol. The fourth-order valence-corrected chi connectivity index (χ4v) is 3.03. The zero-order chi connectivity index (χ0) is 17.4. The lowest BCUT2D eigenvalue weighted by atomic mass is 9.85. The highest BCUT2D eigenvalue weighted by Crippen LogP contribution is 2.43. The maximum absolute atomic E-state index is 12.9. The first-order valence-electron chi connectivity index (χ1n) is 6.77. The van der Waals surface area contributed by atoms with Crippen LogP contribution in [0.25, 0.3) is 0 Å². The van der Waals surface area contributed by atoms with Crippen LogP contribution in [0.2, 0.25) is 0 Å². The molecule has 1 aromatic rings. The van der Waals surface area contributed by atoms with E-state index in [1.54, 1.807) is 32.0 Å². The van der Waals surface area contributed by atoms with Crippen molar-refractivity contribution < 1.29 is 23.9 Å². The number of rotatable bonds is 3. The number of esters is 2. The van der Waals surface area contributed by atoms with E-state index in [4.69, 9.17) is 9.47 Å². The summed E-state index contributed by atoms with van der Waals surface area (Å²) in [6.07, 6.45) is 0. The summed E-state index contributed by atoms with van der Waals surface area (Å²) in [4.78, 5) is 38.5. The fraction of sp³-hybridized carbons (Fsp3) is 0.312. The van der Waals surface area contributed by atoms with Crippen molar-refractivity contribution in [1.82, 2.24) is 0 Å². The maximum Gasteiger partial charge on any atom is 0.355 e. The molecule has 0 spiro atoms. The Kier molecular flexibility index (Phi) is 4.79. The molecule has 7 heteroatoms. The first kappa shape index (κ1) is 17.5. The number of benzene rings is 1. The van der Waals surface area contributed by atoms with E-state index in [2.05, 4.69) is 22.6 Å². The topological polar surface area (TPSA) is 72.9 Å². The molecule has 0 aromatic heterocycles. The van der Waals surface area contributed by atoms with Gasteiger partial charge in [0.05, 0.1) is 30.9 Å². The normalized spacial score (nSPS) is 16.6. The van der Waals surface area contributed by atoms with Crippen molar-refractivity contribution in [3.8, 4) is 0 Å². The van der Waals surface area contributed by atoms with Crippen molar-refractivity contribution in [2.24, 2.45) is 5.41 Å². The van der Waals surface area contributed by atoms with Gasteiger partial charge in [0.25, 0.3) is 0 Å². The number of hydrogen-bond donors (Lipinski definition) is 0. The van der Waals surface area contributed by atoms with Crippen molar-refractivity contribution in [2.45, 2.75) is 13.8 Å². The number of ether oxygens (including phenoxy) is 2.